The molecule has 5 atom stereocenters. The smallest absolute Gasteiger partial charge is 0.156 e. The van der Waals surface area contributed by atoms with Gasteiger partial charge in [0, 0.05) is 25.9 Å². The van der Waals surface area contributed by atoms with E-state index in [1.807, 2.05) is 18.5 Å². The van der Waals surface area contributed by atoms with Crippen molar-refractivity contribution in [2.45, 2.75) is 46.0 Å². The van der Waals surface area contributed by atoms with Crippen LogP contribution >= 0.6 is 0 Å². The highest BCUT2D eigenvalue weighted by atomic mass is 16.2. The number of aromatic nitrogens is 1. The Bertz CT molecular complexity index is 853. The normalized spacial score (nSPS) is 38.3. The average Bonchev–Trinajstić information content (AvgIpc) is 3.08. The maximum absolute atomic E-state index is 11.9. The first-order valence-electron chi connectivity index (χ1n) is 10.5. The number of carbonyl (C=O) groups excluding carboxylic acids is 1. The van der Waals surface area contributed by atoms with E-state index in [1.165, 1.54) is 36.0 Å². The highest BCUT2D eigenvalue weighted by Crippen LogP contribution is 2.65. The van der Waals surface area contributed by atoms with Gasteiger partial charge in [-0.05, 0) is 83.1 Å². The van der Waals surface area contributed by atoms with Crippen molar-refractivity contribution >= 4 is 11.4 Å². The lowest BCUT2D eigenvalue weighted by atomic mass is 9.48. The third-order valence-electron chi connectivity index (χ3n) is 8.07. The van der Waals surface area contributed by atoms with Crippen LogP contribution < -0.4 is 0 Å². The summed E-state index contributed by atoms with van der Waals surface area (Å²) in [6.45, 7) is 4.89. The van der Waals surface area contributed by atoms with Gasteiger partial charge in [0.1, 0.15) is 0 Å². The van der Waals surface area contributed by atoms with E-state index >= 15 is 0 Å². The van der Waals surface area contributed by atoms with Crippen LogP contribution in [0.2, 0.25) is 0 Å². The summed E-state index contributed by atoms with van der Waals surface area (Å²) in [4.78, 5) is 16.3. The minimum atomic E-state index is 0.186. The van der Waals surface area contributed by atoms with Crippen molar-refractivity contribution in [1.82, 2.24) is 4.98 Å². The van der Waals surface area contributed by atoms with E-state index in [-0.39, 0.29) is 10.8 Å². The summed E-state index contributed by atoms with van der Waals surface area (Å²) in [7, 11) is 1.00. The minimum absolute atomic E-state index is 0.186. The Balaban J connectivity index is 0.000000932. The van der Waals surface area contributed by atoms with Gasteiger partial charge in [-0.3, -0.25) is 9.78 Å². The van der Waals surface area contributed by atoms with Crippen molar-refractivity contribution in [2.75, 3.05) is 7.11 Å². The molecular formula is C25H31NO2. The molecule has 0 bridgehead atoms. The van der Waals surface area contributed by atoms with Crippen molar-refractivity contribution in [3.8, 4) is 0 Å². The van der Waals surface area contributed by atoms with Crippen molar-refractivity contribution in [3.63, 3.8) is 0 Å². The topological polar surface area (TPSA) is 50.2 Å². The fourth-order valence-electron chi connectivity index (χ4n) is 6.54. The number of hydrogen-bond acceptors (Lipinski definition) is 3. The number of aliphatic hydroxyl groups is 1. The highest BCUT2D eigenvalue weighted by molar-refractivity contribution is 5.92. The number of nitrogens with zero attached hydrogens (tertiary/aromatic N) is 1. The zero-order valence-electron chi connectivity index (χ0n) is 17.2. The number of allylic oxidation sites excluding steroid dienone is 6. The van der Waals surface area contributed by atoms with Gasteiger partial charge in [0.15, 0.2) is 5.78 Å². The fraction of sp³-hybridized carbons (Fsp3) is 0.520. The molecule has 0 amide bonds. The summed E-state index contributed by atoms with van der Waals surface area (Å²) in [5.41, 5.74) is 4.53. The van der Waals surface area contributed by atoms with Gasteiger partial charge < -0.3 is 5.11 Å². The molecule has 1 fully saturated rings. The first kappa shape index (κ1) is 19.3. The molecule has 1 heterocycles. The maximum Gasteiger partial charge on any atom is 0.156 e. The lowest BCUT2D eigenvalue weighted by Gasteiger charge is -2.55. The largest absolute Gasteiger partial charge is 0.400 e. The van der Waals surface area contributed by atoms with Crippen LogP contribution in [0.15, 0.2) is 54.4 Å². The molecule has 0 aliphatic heterocycles. The Kier molecular flexibility index (Phi) is 4.91. The SMILES string of the molecule is CO.C[C@]12CCC(=O)C=C1C=C[C@@H]1[C@@H]2CC[C@]2(C)C(c3cccnc3)=CC[C@@H]12. The van der Waals surface area contributed by atoms with Gasteiger partial charge in [0.2, 0.25) is 0 Å². The van der Waals surface area contributed by atoms with Crippen LogP contribution in [-0.4, -0.2) is 23.0 Å². The van der Waals surface area contributed by atoms with Gasteiger partial charge >= 0.3 is 0 Å². The Morgan fingerprint density at radius 3 is 2.71 bits per heavy atom. The first-order valence-corrected chi connectivity index (χ1v) is 10.5. The lowest BCUT2D eigenvalue weighted by Crippen LogP contribution is -2.48. The van der Waals surface area contributed by atoms with E-state index in [4.69, 9.17) is 5.11 Å². The van der Waals surface area contributed by atoms with Gasteiger partial charge in [-0.25, -0.2) is 0 Å². The van der Waals surface area contributed by atoms with Crippen LogP contribution in [0.3, 0.4) is 0 Å². The van der Waals surface area contributed by atoms with Crippen LogP contribution in [0.25, 0.3) is 5.57 Å². The quantitative estimate of drug-likeness (QED) is 0.750. The second-order valence-electron chi connectivity index (χ2n) is 9.18. The fourth-order valence-corrected chi connectivity index (χ4v) is 6.54. The molecule has 4 aliphatic carbocycles. The van der Waals surface area contributed by atoms with Crippen molar-refractivity contribution < 1.29 is 9.90 Å². The maximum atomic E-state index is 11.9. The number of carbonyl (C=O) groups is 1. The second kappa shape index (κ2) is 7.11. The summed E-state index contributed by atoms with van der Waals surface area (Å²) in [6, 6.07) is 4.26. The monoisotopic (exact) mass is 377 g/mol. The van der Waals surface area contributed by atoms with E-state index in [0.29, 0.717) is 23.5 Å². The Hall–Kier alpha value is -2.00. The molecule has 0 radical (unpaired) electrons. The number of fused-ring (bicyclic) bond motifs is 5. The van der Waals surface area contributed by atoms with Crippen LogP contribution in [0.1, 0.15) is 51.5 Å². The predicted octanol–water partition coefficient (Wildman–Crippen LogP) is 4.99. The van der Waals surface area contributed by atoms with Gasteiger partial charge in [-0.15, -0.1) is 0 Å². The standard InChI is InChI=1S/C24H27NO.CH4O/c1-23-11-9-18(26)14-17(23)5-6-19-21-8-7-20(16-4-3-13-25-15-16)24(21,2)12-10-22(19)23;1-2/h3-7,13-15,19,21-22H,8-12H2,1-2H3;2H,1H3/t19-,21-,22-,23-,24+;/m0./s1. The predicted molar refractivity (Wildman–Crippen MR) is 112 cm³/mol. The zero-order chi connectivity index (χ0) is 19.9. The van der Waals surface area contributed by atoms with Gasteiger partial charge in [0.25, 0.3) is 0 Å². The van der Waals surface area contributed by atoms with Crippen LogP contribution in [0, 0.1) is 28.6 Å². The Labute approximate surface area is 168 Å². The van der Waals surface area contributed by atoms with Gasteiger partial charge in [-0.2, -0.15) is 0 Å². The van der Waals surface area contributed by atoms with E-state index in [1.54, 1.807) is 0 Å². The van der Waals surface area contributed by atoms with Crippen molar-refractivity contribution in [3.05, 3.63) is 60.0 Å². The molecule has 0 unspecified atom stereocenters. The Morgan fingerprint density at radius 2 is 1.96 bits per heavy atom. The number of hydrogen-bond donors (Lipinski definition) is 1. The number of rotatable bonds is 1. The third kappa shape index (κ3) is 2.75. The van der Waals surface area contributed by atoms with E-state index < -0.39 is 0 Å². The summed E-state index contributed by atoms with van der Waals surface area (Å²) in [5, 5.41) is 7.00. The van der Waals surface area contributed by atoms with Gasteiger partial charge in [-0.1, -0.05) is 38.1 Å². The van der Waals surface area contributed by atoms with Gasteiger partial charge in [0.05, 0.1) is 0 Å². The van der Waals surface area contributed by atoms with E-state index in [2.05, 4.69) is 49.2 Å². The molecule has 5 rings (SSSR count). The van der Waals surface area contributed by atoms with E-state index in [9.17, 15) is 4.79 Å². The van der Waals surface area contributed by atoms with E-state index in [0.717, 1.165) is 20.0 Å². The molecule has 0 saturated heterocycles. The first-order chi connectivity index (χ1) is 13.5. The second-order valence-corrected chi connectivity index (χ2v) is 9.18. The molecule has 3 heteroatoms. The number of ketones is 1. The summed E-state index contributed by atoms with van der Waals surface area (Å²) >= 11 is 0. The van der Waals surface area contributed by atoms with Crippen LogP contribution in [0.5, 0.6) is 0 Å². The molecule has 1 saturated carbocycles. The lowest BCUT2D eigenvalue weighted by molar-refractivity contribution is -0.116. The molecule has 0 spiro atoms. The van der Waals surface area contributed by atoms with Crippen LogP contribution in [-0.2, 0) is 4.79 Å². The molecule has 1 aromatic heterocycles. The number of pyridine rings is 1. The molecule has 0 aromatic carbocycles. The molecule has 28 heavy (non-hydrogen) atoms. The Morgan fingerprint density at radius 1 is 1.14 bits per heavy atom. The molecular weight excluding hydrogens is 346 g/mol. The highest BCUT2D eigenvalue weighted by Gasteiger charge is 2.55. The molecule has 1 aromatic rings. The molecule has 4 aliphatic rings. The molecule has 1 N–H and O–H groups in total. The van der Waals surface area contributed by atoms with Crippen molar-refractivity contribution in [1.29, 1.82) is 0 Å². The number of aliphatic hydroxyl groups excluding tert-OH is 1. The summed E-state index contributed by atoms with van der Waals surface area (Å²) in [6.07, 6.45) is 18.4. The zero-order valence-corrected chi connectivity index (χ0v) is 17.2. The molecule has 3 nitrogen and oxygen atoms in total. The van der Waals surface area contributed by atoms with Crippen molar-refractivity contribution in [2.24, 2.45) is 28.6 Å². The average molecular weight is 378 g/mol. The third-order valence-corrected chi connectivity index (χ3v) is 8.07. The summed E-state index contributed by atoms with van der Waals surface area (Å²) in [5.74, 6) is 2.27. The van der Waals surface area contributed by atoms with Crippen LogP contribution in [0.4, 0.5) is 0 Å². The minimum Gasteiger partial charge on any atom is -0.400 e. The summed E-state index contributed by atoms with van der Waals surface area (Å²) < 4.78 is 0. The molecule has 148 valence electrons.